The summed E-state index contributed by atoms with van der Waals surface area (Å²) < 4.78 is 36.0. The maximum Gasteiger partial charge on any atom is 0.389 e. The van der Waals surface area contributed by atoms with Crippen LogP contribution in [0.3, 0.4) is 0 Å². The Hall–Kier alpha value is -0.740. The molecule has 0 spiro atoms. The van der Waals surface area contributed by atoms with E-state index in [-0.39, 0.29) is 6.42 Å². The minimum absolute atomic E-state index is 0.0383. The average Bonchev–Trinajstić information content (AvgIpc) is 2.20. The quantitative estimate of drug-likeness (QED) is 0.859. The van der Waals surface area contributed by atoms with Crippen LogP contribution in [0.4, 0.5) is 13.2 Å². The first kappa shape index (κ1) is 14.3. The molecule has 96 valence electrons. The van der Waals surface area contributed by atoms with Gasteiger partial charge in [-0.05, 0) is 37.0 Å². The van der Waals surface area contributed by atoms with Crippen molar-refractivity contribution in [3.8, 4) is 0 Å². The fraction of sp³-hybridized carbons (Fsp3) is 0.500. The molecule has 1 atom stereocenters. The van der Waals surface area contributed by atoms with E-state index in [2.05, 4.69) is 0 Å². The second kappa shape index (κ2) is 5.74. The zero-order chi connectivity index (χ0) is 13.1. The fourth-order valence-electron chi connectivity index (χ4n) is 1.70. The van der Waals surface area contributed by atoms with E-state index in [1.165, 1.54) is 0 Å². The van der Waals surface area contributed by atoms with Crippen molar-refractivity contribution in [1.82, 2.24) is 0 Å². The van der Waals surface area contributed by atoms with E-state index < -0.39 is 18.6 Å². The molecular weight excluding hydrogens is 251 g/mol. The van der Waals surface area contributed by atoms with Gasteiger partial charge in [0.05, 0.1) is 0 Å². The molecule has 0 radical (unpaired) electrons. The molecule has 1 aromatic rings. The van der Waals surface area contributed by atoms with Gasteiger partial charge in [-0.1, -0.05) is 23.7 Å². The van der Waals surface area contributed by atoms with E-state index in [0.29, 0.717) is 11.4 Å². The number of hydrogen-bond donors (Lipinski definition) is 1. The third-order valence-corrected chi connectivity index (χ3v) is 3.09. The third-order valence-electron chi connectivity index (χ3n) is 2.68. The van der Waals surface area contributed by atoms with Crippen molar-refractivity contribution in [2.24, 2.45) is 5.73 Å². The van der Waals surface area contributed by atoms with Crippen LogP contribution in [0.5, 0.6) is 0 Å². The van der Waals surface area contributed by atoms with Gasteiger partial charge in [-0.2, -0.15) is 13.2 Å². The predicted molar refractivity (Wildman–Crippen MR) is 63.0 cm³/mol. The second-order valence-electron chi connectivity index (χ2n) is 4.07. The number of hydrogen-bond acceptors (Lipinski definition) is 1. The second-order valence-corrected chi connectivity index (χ2v) is 4.48. The van der Waals surface area contributed by atoms with Crippen molar-refractivity contribution in [3.63, 3.8) is 0 Å². The van der Waals surface area contributed by atoms with Crippen LogP contribution in [0.2, 0.25) is 5.02 Å². The summed E-state index contributed by atoms with van der Waals surface area (Å²) in [6.07, 6.45) is -4.55. The van der Waals surface area contributed by atoms with Gasteiger partial charge in [-0.25, -0.2) is 0 Å². The van der Waals surface area contributed by atoms with Gasteiger partial charge >= 0.3 is 6.18 Å². The molecular formula is C12H15ClF3N. The van der Waals surface area contributed by atoms with Gasteiger partial charge in [0.15, 0.2) is 0 Å². The Balaban J connectivity index is 2.58. The third kappa shape index (κ3) is 4.56. The van der Waals surface area contributed by atoms with E-state index in [0.717, 1.165) is 11.1 Å². The predicted octanol–water partition coefficient (Wildman–Crippen LogP) is 4.38. The first-order chi connectivity index (χ1) is 7.81. The van der Waals surface area contributed by atoms with Crippen molar-refractivity contribution < 1.29 is 13.2 Å². The highest BCUT2D eigenvalue weighted by atomic mass is 35.5. The van der Waals surface area contributed by atoms with Crippen molar-refractivity contribution in [2.75, 3.05) is 0 Å². The number of halogens is 4. The lowest BCUT2D eigenvalue weighted by molar-refractivity contribution is -0.135. The summed E-state index contributed by atoms with van der Waals surface area (Å²) in [4.78, 5) is 0. The summed E-state index contributed by atoms with van der Waals surface area (Å²) in [5.74, 6) is 0. The highest BCUT2D eigenvalue weighted by Crippen LogP contribution is 2.28. The van der Waals surface area contributed by atoms with Gasteiger partial charge in [-0.3, -0.25) is 0 Å². The molecule has 0 aromatic heterocycles. The van der Waals surface area contributed by atoms with Crippen LogP contribution in [0.15, 0.2) is 18.2 Å². The molecule has 0 aliphatic heterocycles. The monoisotopic (exact) mass is 265 g/mol. The van der Waals surface area contributed by atoms with Gasteiger partial charge < -0.3 is 5.73 Å². The van der Waals surface area contributed by atoms with Crippen LogP contribution in [0.25, 0.3) is 0 Å². The van der Waals surface area contributed by atoms with Crippen LogP contribution in [0.1, 0.15) is 36.4 Å². The summed E-state index contributed by atoms with van der Waals surface area (Å²) in [5.41, 5.74) is 7.53. The minimum atomic E-state index is -4.11. The number of rotatable bonds is 4. The lowest BCUT2D eigenvalue weighted by Crippen LogP contribution is -2.14. The Kier molecular flexibility index (Phi) is 4.83. The summed E-state index contributed by atoms with van der Waals surface area (Å²) in [6.45, 7) is 1.82. The molecule has 0 bridgehead atoms. The number of nitrogens with two attached hydrogens (primary N) is 1. The normalized spacial score (nSPS) is 13.8. The standard InChI is InChI=1S/C12H15ClF3N/c1-8-9(4-2-5-10(8)13)11(17)6-3-7-12(14,15)16/h2,4-5,11H,3,6-7,17H2,1H3. The average molecular weight is 266 g/mol. The Morgan fingerprint density at radius 3 is 2.59 bits per heavy atom. The maximum atomic E-state index is 12.0. The van der Waals surface area contributed by atoms with Gasteiger partial charge in [-0.15, -0.1) is 0 Å². The Bertz CT molecular complexity index is 377. The van der Waals surface area contributed by atoms with Crippen LogP contribution < -0.4 is 5.73 Å². The lowest BCUT2D eigenvalue weighted by Gasteiger charge is -2.16. The van der Waals surface area contributed by atoms with Crippen LogP contribution >= 0.6 is 11.6 Å². The Morgan fingerprint density at radius 1 is 1.35 bits per heavy atom. The maximum absolute atomic E-state index is 12.0. The summed E-state index contributed by atoms with van der Waals surface area (Å²) in [5, 5.41) is 0.591. The van der Waals surface area contributed by atoms with Gasteiger partial charge in [0.1, 0.15) is 0 Å². The minimum Gasteiger partial charge on any atom is -0.324 e. The summed E-state index contributed by atoms with van der Waals surface area (Å²) in [6, 6.07) is 4.91. The smallest absolute Gasteiger partial charge is 0.324 e. The Labute approximate surface area is 104 Å². The molecule has 1 aromatic carbocycles. The molecule has 1 rings (SSSR count). The van der Waals surface area contributed by atoms with Gasteiger partial charge in [0, 0.05) is 17.5 Å². The summed E-state index contributed by atoms with van der Waals surface area (Å²) in [7, 11) is 0. The zero-order valence-electron chi connectivity index (χ0n) is 9.52. The van der Waals surface area contributed by atoms with E-state index in [1.807, 2.05) is 6.92 Å². The molecule has 1 unspecified atom stereocenters. The molecule has 0 amide bonds. The van der Waals surface area contributed by atoms with E-state index in [4.69, 9.17) is 17.3 Å². The molecule has 0 fully saturated rings. The molecule has 17 heavy (non-hydrogen) atoms. The van der Waals surface area contributed by atoms with Crippen molar-refractivity contribution in [3.05, 3.63) is 34.3 Å². The first-order valence-electron chi connectivity index (χ1n) is 5.38. The van der Waals surface area contributed by atoms with E-state index in [1.54, 1.807) is 18.2 Å². The van der Waals surface area contributed by atoms with Crippen LogP contribution in [-0.4, -0.2) is 6.18 Å². The molecule has 5 heteroatoms. The van der Waals surface area contributed by atoms with Crippen molar-refractivity contribution in [2.45, 2.75) is 38.4 Å². The highest BCUT2D eigenvalue weighted by molar-refractivity contribution is 6.31. The van der Waals surface area contributed by atoms with Crippen molar-refractivity contribution in [1.29, 1.82) is 0 Å². The van der Waals surface area contributed by atoms with Crippen molar-refractivity contribution >= 4 is 11.6 Å². The molecule has 0 saturated heterocycles. The summed E-state index contributed by atoms with van der Waals surface area (Å²) >= 11 is 5.93. The molecule has 0 aliphatic rings. The lowest BCUT2D eigenvalue weighted by atomic mass is 9.97. The largest absolute Gasteiger partial charge is 0.389 e. The molecule has 0 saturated carbocycles. The topological polar surface area (TPSA) is 26.0 Å². The SMILES string of the molecule is Cc1c(Cl)cccc1C(N)CCCC(F)(F)F. The molecule has 0 heterocycles. The van der Waals surface area contributed by atoms with Crippen LogP contribution in [0, 0.1) is 6.92 Å². The zero-order valence-corrected chi connectivity index (χ0v) is 10.3. The molecule has 0 aliphatic carbocycles. The number of alkyl halides is 3. The van der Waals surface area contributed by atoms with Crippen LogP contribution in [-0.2, 0) is 0 Å². The highest BCUT2D eigenvalue weighted by Gasteiger charge is 2.26. The van der Waals surface area contributed by atoms with Gasteiger partial charge in [0.25, 0.3) is 0 Å². The number of benzene rings is 1. The Morgan fingerprint density at radius 2 is 2.00 bits per heavy atom. The molecule has 1 nitrogen and oxygen atoms in total. The fourth-order valence-corrected chi connectivity index (χ4v) is 1.89. The van der Waals surface area contributed by atoms with E-state index in [9.17, 15) is 13.2 Å². The first-order valence-corrected chi connectivity index (χ1v) is 5.76. The van der Waals surface area contributed by atoms with E-state index >= 15 is 0 Å². The van der Waals surface area contributed by atoms with Gasteiger partial charge in [0.2, 0.25) is 0 Å². The molecule has 2 N–H and O–H groups in total.